The van der Waals surface area contributed by atoms with Gasteiger partial charge >= 0.3 is 0 Å². The van der Waals surface area contributed by atoms with Crippen LogP contribution < -0.4 is 10.9 Å². The zero-order valence-electron chi connectivity index (χ0n) is 18.1. The average molecular weight is 455 g/mol. The highest BCUT2D eigenvalue weighted by molar-refractivity contribution is 7.89. The Morgan fingerprint density at radius 2 is 1.78 bits per heavy atom. The molecule has 0 atom stereocenters. The molecule has 1 amide bonds. The predicted molar refractivity (Wildman–Crippen MR) is 122 cm³/mol. The fourth-order valence-corrected chi connectivity index (χ4v) is 5.45. The summed E-state index contributed by atoms with van der Waals surface area (Å²) in [6, 6.07) is 12.1. The van der Waals surface area contributed by atoms with Crippen molar-refractivity contribution in [2.24, 2.45) is 0 Å². The molecule has 2 aromatic carbocycles. The predicted octanol–water partition coefficient (Wildman–Crippen LogP) is 1.98. The molecule has 32 heavy (non-hydrogen) atoms. The second kappa shape index (κ2) is 8.84. The maximum Gasteiger partial charge on any atom is 0.261 e. The lowest BCUT2D eigenvalue weighted by Gasteiger charge is -2.31. The summed E-state index contributed by atoms with van der Waals surface area (Å²) in [6.07, 6.45) is 2.43. The third-order valence-corrected chi connectivity index (χ3v) is 7.76. The highest BCUT2D eigenvalue weighted by Gasteiger charge is 2.30. The van der Waals surface area contributed by atoms with Crippen LogP contribution in [0.25, 0.3) is 10.9 Å². The van der Waals surface area contributed by atoms with E-state index in [1.165, 1.54) is 15.2 Å². The Bertz CT molecular complexity index is 1310. The Morgan fingerprint density at radius 3 is 2.47 bits per heavy atom. The Labute approximate surface area is 186 Å². The molecule has 0 aliphatic carbocycles. The molecule has 0 saturated carbocycles. The fraction of sp³-hybridized carbons (Fsp3) is 0.348. The number of nitrogens with zero attached hydrogens (tertiary/aromatic N) is 3. The molecule has 0 unspecified atom stereocenters. The number of benzene rings is 2. The summed E-state index contributed by atoms with van der Waals surface area (Å²) < 4.78 is 28.4. The van der Waals surface area contributed by atoms with Crippen molar-refractivity contribution in [2.45, 2.75) is 44.2 Å². The number of carbonyl (C=O) groups is 1. The number of amides is 1. The number of rotatable bonds is 5. The second-order valence-electron chi connectivity index (χ2n) is 8.21. The monoisotopic (exact) mass is 454 g/mol. The zero-order chi connectivity index (χ0) is 22.9. The first-order valence-corrected chi connectivity index (χ1v) is 12.0. The van der Waals surface area contributed by atoms with Crippen LogP contribution in [0, 0.1) is 13.8 Å². The van der Waals surface area contributed by atoms with Gasteiger partial charge in [-0.25, -0.2) is 13.4 Å². The molecule has 0 spiro atoms. The second-order valence-corrected chi connectivity index (χ2v) is 10.1. The van der Waals surface area contributed by atoms with Crippen molar-refractivity contribution in [1.29, 1.82) is 0 Å². The molecule has 8 nitrogen and oxygen atoms in total. The number of para-hydroxylation sites is 1. The molecule has 168 valence electrons. The number of aryl methyl sites for hydroxylation is 2. The molecule has 1 aliphatic heterocycles. The van der Waals surface area contributed by atoms with Crippen molar-refractivity contribution in [3.05, 3.63) is 70.3 Å². The molecule has 1 fully saturated rings. The summed E-state index contributed by atoms with van der Waals surface area (Å²) in [5.74, 6) is -0.291. The smallest absolute Gasteiger partial charge is 0.261 e. The van der Waals surface area contributed by atoms with E-state index < -0.39 is 10.0 Å². The van der Waals surface area contributed by atoms with Crippen LogP contribution in [0.2, 0.25) is 0 Å². The number of hydrogen-bond acceptors (Lipinski definition) is 5. The summed E-state index contributed by atoms with van der Waals surface area (Å²) in [7, 11) is -3.54. The molecular formula is C23H26N4O4S. The maximum atomic E-state index is 12.8. The summed E-state index contributed by atoms with van der Waals surface area (Å²) in [4.78, 5) is 29.8. The Balaban J connectivity index is 1.37. The summed E-state index contributed by atoms with van der Waals surface area (Å²) >= 11 is 0. The van der Waals surface area contributed by atoms with Crippen molar-refractivity contribution in [3.8, 4) is 0 Å². The van der Waals surface area contributed by atoms with Crippen molar-refractivity contribution in [1.82, 2.24) is 19.2 Å². The van der Waals surface area contributed by atoms with Crippen LogP contribution in [-0.4, -0.2) is 47.3 Å². The molecule has 0 bridgehead atoms. The number of hydrogen-bond donors (Lipinski definition) is 1. The number of aromatic nitrogens is 2. The lowest BCUT2D eigenvalue weighted by molar-refractivity contribution is -0.122. The number of carbonyl (C=O) groups excluding carboxylic acids is 1. The van der Waals surface area contributed by atoms with Crippen LogP contribution in [0.5, 0.6) is 0 Å². The number of nitrogens with one attached hydrogen (secondary N) is 1. The van der Waals surface area contributed by atoms with Gasteiger partial charge in [-0.05, 0) is 50.5 Å². The van der Waals surface area contributed by atoms with Gasteiger partial charge in [0.25, 0.3) is 5.56 Å². The minimum absolute atomic E-state index is 0.127. The molecule has 0 radical (unpaired) electrons. The van der Waals surface area contributed by atoms with Gasteiger partial charge in [-0.15, -0.1) is 0 Å². The topological polar surface area (TPSA) is 101 Å². The van der Waals surface area contributed by atoms with E-state index in [4.69, 9.17) is 0 Å². The van der Waals surface area contributed by atoms with Gasteiger partial charge in [-0.2, -0.15) is 4.31 Å². The molecule has 1 aliphatic rings. The zero-order valence-corrected chi connectivity index (χ0v) is 18.9. The van der Waals surface area contributed by atoms with E-state index >= 15 is 0 Å². The van der Waals surface area contributed by atoms with Crippen molar-refractivity contribution < 1.29 is 13.2 Å². The van der Waals surface area contributed by atoms with Gasteiger partial charge in [0.2, 0.25) is 15.9 Å². The minimum atomic E-state index is -3.54. The van der Waals surface area contributed by atoms with Crippen LogP contribution in [0.1, 0.15) is 24.0 Å². The van der Waals surface area contributed by atoms with Crippen LogP contribution in [0.15, 0.2) is 58.5 Å². The van der Waals surface area contributed by atoms with Crippen molar-refractivity contribution >= 4 is 26.8 Å². The van der Waals surface area contributed by atoms with Gasteiger partial charge in [0, 0.05) is 19.1 Å². The van der Waals surface area contributed by atoms with Gasteiger partial charge in [0.05, 0.1) is 22.1 Å². The van der Waals surface area contributed by atoms with E-state index in [1.807, 2.05) is 19.9 Å². The SMILES string of the molecule is Cc1ccc(S(=O)(=O)N2CCC(NC(=O)Cn3cnc4c(C)cccc4c3=O)CC2)cc1. The molecule has 2 heterocycles. The van der Waals surface area contributed by atoms with E-state index in [1.54, 1.807) is 36.4 Å². The van der Waals surface area contributed by atoms with Gasteiger partial charge < -0.3 is 5.32 Å². The Hall–Kier alpha value is -3.04. The first-order valence-electron chi connectivity index (χ1n) is 10.6. The maximum absolute atomic E-state index is 12.8. The van der Waals surface area contributed by atoms with Crippen LogP contribution in [0.3, 0.4) is 0 Å². The molecule has 1 N–H and O–H groups in total. The molecule has 4 rings (SSSR count). The van der Waals surface area contributed by atoms with E-state index in [0.29, 0.717) is 36.8 Å². The third kappa shape index (κ3) is 4.44. The van der Waals surface area contributed by atoms with E-state index in [-0.39, 0.29) is 28.9 Å². The quantitative estimate of drug-likeness (QED) is 0.635. The molecule has 1 saturated heterocycles. The number of fused-ring (bicyclic) bond motifs is 1. The lowest BCUT2D eigenvalue weighted by Crippen LogP contribution is -2.47. The van der Waals surface area contributed by atoms with E-state index in [9.17, 15) is 18.0 Å². The summed E-state index contributed by atoms with van der Waals surface area (Å²) in [6.45, 7) is 4.33. The first kappa shape index (κ1) is 22.2. The minimum Gasteiger partial charge on any atom is -0.352 e. The summed E-state index contributed by atoms with van der Waals surface area (Å²) in [5, 5.41) is 3.41. The molecule has 9 heteroatoms. The number of sulfonamides is 1. The van der Waals surface area contributed by atoms with Crippen LogP contribution in [0.4, 0.5) is 0 Å². The van der Waals surface area contributed by atoms with Crippen molar-refractivity contribution in [3.63, 3.8) is 0 Å². The lowest BCUT2D eigenvalue weighted by atomic mass is 10.1. The van der Waals surface area contributed by atoms with Crippen LogP contribution >= 0.6 is 0 Å². The molecule has 3 aromatic rings. The van der Waals surface area contributed by atoms with E-state index in [2.05, 4.69) is 10.3 Å². The largest absolute Gasteiger partial charge is 0.352 e. The van der Waals surface area contributed by atoms with Crippen molar-refractivity contribution in [2.75, 3.05) is 13.1 Å². The van der Waals surface area contributed by atoms with Gasteiger partial charge in [-0.3, -0.25) is 14.2 Å². The van der Waals surface area contributed by atoms with Crippen LogP contribution in [-0.2, 0) is 21.4 Å². The Morgan fingerprint density at radius 1 is 1.09 bits per heavy atom. The fourth-order valence-electron chi connectivity index (χ4n) is 3.98. The number of piperidine rings is 1. The first-order chi connectivity index (χ1) is 15.3. The van der Waals surface area contributed by atoms with Gasteiger partial charge in [-0.1, -0.05) is 29.8 Å². The third-order valence-electron chi connectivity index (χ3n) is 5.85. The molecule has 1 aromatic heterocycles. The average Bonchev–Trinajstić information content (AvgIpc) is 2.77. The van der Waals surface area contributed by atoms with E-state index in [0.717, 1.165) is 11.1 Å². The van der Waals surface area contributed by atoms with Gasteiger partial charge in [0.1, 0.15) is 6.54 Å². The van der Waals surface area contributed by atoms with Gasteiger partial charge in [0.15, 0.2) is 0 Å². The standard InChI is InChI=1S/C23H26N4O4S/c1-16-6-8-19(9-7-16)32(30,31)27-12-10-18(11-13-27)25-21(28)14-26-15-24-22-17(2)4-3-5-20(22)23(26)29/h3-9,15,18H,10-14H2,1-2H3,(H,25,28). The highest BCUT2D eigenvalue weighted by Crippen LogP contribution is 2.21. The highest BCUT2D eigenvalue weighted by atomic mass is 32.2. The summed E-state index contributed by atoms with van der Waals surface area (Å²) in [5.41, 5.74) is 2.29. The molecular weight excluding hydrogens is 428 g/mol. The Kier molecular flexibility index (Phi) is 6.12. The normalized spacial score (nSPS) is 15.7.